The van der Waals surface area contributed by atoms with Gasteiger partial charge in [0.2, 0.25) is 0 Å². The summed E-state index contributed by atoms with van der Waals surface area (Å²) in [5.41, 5.74) is 0.690. The van der Waals surface area contributed by atoms with Crippen molar-refractivity contribution in [1.82, 2.24) is 9.55 Å². The fraction of sp³-hybridized carbons (Fsp3) is 0.250. The van der Waals surface area contributed by atoms with Gasteiger partial charge in [-0.25, -0.2) is 4.98 Å². The average molecular weight is 387 g/mol. The summed E-state index contributed by atoms with van der Waals surface area (Å²) in [5, 5.41) is 1.62. The van der Waals surface area contributed by atoms with E-state index in [1.807, 2.05) is 32.9 Å². The summed E-state index contributed by atoms with van der Waals surface area (Å²) in [6, 6.07) is 14.2. The molecule has 4 nitrogen and oxygen atoms in total. The first-order valence-electron chi connectivity index (χ1n) is 8.21. The fourth-order valence-corrected chi connectivity index (χ4v) is 3.67. The molecule has 0 radical (unpaired) electrons. The molecule has 134 valence electrons. The van der Waals surface area contributed by atoms with E-state index in [2.05, 4.69) is 4.98 Å². The number of aromatic nitrogens is 2. The SMILES string of the molecule is CC(C)(C)C(=O)CSc1nc2ccccc2c(=O)n1-c1ccc(Cl)cc1. The molecule has 0 saturated heterocycles. The maximum atomic E-state index is 13.1. The molecule has 26 heavy (non-hydrogen) atoms. The van der Waals surface area contributed by atoms with Crippen LogP contribution in [0.5, 0.6) is 0 Å². The summed E-state index contributed by atoms with van der Waals surface area (Å²) in [6.07, 6.45) is 0. The molecule has 0 aliphatic heterocycles. The summed E-state index contributed by atoms with van der Waals surface area (Å²) in [7, 11) is 0. The monoisotopic (exact) mass is 386 g/mol. The third-order valence-electron chi connectivity index (χ3n) is 4.00. The summed E-state index contributed by atoms with van der Waals surface area (Å²) in [6.45, 7) is 5.65. The Morgan fingerprint density at radius 1 is 1.12 bits per heavy atom. The minimum Gasteiger partial charge on any atom is -0.298 e. The summed E-state index contributed by atoms with van der Waals surface area (Å²) < 4.78 is 1.54. The number of carbonyl (C=O) groups excluding carboxylic acids is 1. The Balaban J connectivity index is 2.13. The molecule has 0 spiro atoms. The zero-order chi connectivity index (χ0) is 18.9. The Hall–Kier alpha value is -2.11. The van der Waals surface area contributed by atoms with Crippen molar-refractivity contribution in [1.29, 1.82) is 0 Å². The predicted octanol–water partition coefficient (Wildman–Crippen LogP) is 4.75. The van der Waals surface area contributed by atoms with Crippen molar-refractivity contribution in [3.05, 3.63) is 63.9 Å². The zero-order valence-corrected chi connectivity index (χ0v) is 16.4. The molecule has 0 bridgehead atoms. The van der Waals surface area contributed by atoms with Gasteiger partial charge in [-0.2, -0.15) is 0 Å². The van der Waals surface area contributed by atoms with Gasteiger partial charge in [-0.15, -0.1) is 0 Å². The van der Waals surface area contributed by atoms with Gasteiger partial charge in [0, 0.05) is 10.4 Å². The molecule has 3 aromatic rings. The van der Waals surface area contributed by atoms with Crippen LogP contribution in [0, 0.1) is 5.41 Å². The van der Waals surface area contributed by atoms with Gasteiger partial charge in [-0.3, -0.25) is 14.2 Å². The number of fused-ring (bicyclic) bond motifs is 1. The van der Waals surface area contributed by atoms with Crippen molar-refractivity contribution >= 4 is 40.0 Å². The van der Waals surface area contributed by atoms with Crippen molar-refractivity contribution in [2.24, 2.45) is 5.41 Å². The van der Waals surface area contributed by atoms with Crippen LogP contribution in [0.3, 0.4) is 0 Å². The highest BCUT2D eigenvalue weighted by atomic mass is 35.5. The summed E-state index contributed by atoms with van der Waals surface area (Å²) in [4.78, 5) is 30.0. The van der Waals surface area contributed by atoms with Crippen molar-refractivity contribution in [2.75, 3.05) is 5.75 Å². The first-order chi connectivity index (χ1) is 12.3. The highest BCUT2D eigenvalue weighted by Crippen LogP contribution is 2.25. The molecule has 0 unspecified atom stereocenters. The Labute approximate surface area is 161 Å². The van der Waals surface area contributed by atoms with E-state index in [4.69, 9.17) is 11.6 Å². The zero-order valence-electron chi connectivity index (χ0n) is 14.8. The molecule has 0 amide bonds. The van der Waals surface area contributed by atoms with Crippen LogP contribution in [-0.4, -0.2) is 21.1 Å². The molecule has 0 aliphatic rings. The normalized spacial score (nSPS) is 11.7. The third-order valence-corrected chi connectivity index (χ3v) is 5.19. The highest BCUT2D eigenvalue weighted by Gasteiger charge is 2.22. The topological polar surface area (TPSA) is 52.0 Å². The number of para-hydroxylation sites is 1. The quantitative estimate of drug-likeness (QED) is 0.479. The predicted molar refractivity (Wildman–Crippen MR) is 108 cm³/mol. The first kappa shape index (κ1) is 18.7. The molecule has 0 saturated carbocycles. The maximum Gasteiger partial charge on any atom is 0.266 e. The van der Waals surface area contributed by atoms with Gasteiger partial charge < -0.3 is 0 Å². The molecular formula is C20H19ClN2O2S. The molecular weight excluding hydrogens is 368 g/mol. The van der Waals surface area contributed by atoms with Gasteiger partial charge in [-0.1, -0.05) is 56.3 Å². The molecule has 1 aromatic heterocycles. The van der Waals surface area contributed by atoms with Crippen LogP contribution in [-0.2, 0) is 4.79 Å². The van der Waals surface area contributed by atoms with Gasteiger partial charge in [0.25, 0.3) is 5.56 Å². The van der Waals surface area contributed by atoms with Crippen LogP contribution < -0.4 is 5.56 Å². The molecule has 6 heteroatoms. The van der Waals surface area contributed by atoms with Gasteiger partial charge >= 0.3 is 0 Å². The van der Waals surface area contributed by atoms with E-state index in [1.165, 1.54) is 11.8 Å². The van der Waals surface area contributed by atoms with Crippen molar-refractivity contribution in [3.63, 3.8) is 0 Å². The van der Waals surface area contributed by atoms with Crippen LogP contribution in [0.1, 0.15) is 20.8 Å². The number of Topliss-reactive ketones (excluding diaryl/α,β-unsaturated/α-hetero) is 1. The third kappa shape index (κ3) is 3.84. The van der Waals surface area contributed by atoms with Gasteiger partial charge in [-0.05, 0) is 36.4 Å². The second-order valence-corrected chi connectivity index (χ2v) is 8.37. The molecule has 1 heterocycles. The van der Waals surface area contributed by atoms with E-state index < -0.39 is 5.41 Å². The molecule has 2 aromatic carbocycles. The van der Waals surface area contributed by atoms with Crippen LogP contribution in [0.2, 0.25) is 5.02 Å². The molecule has 0 atom stereocenters. The van der Waals surface area contributed by atoms with Crippen molar-refractivity contribution in [2.45, 2.75) is 25.9 Å². The van der Waals surface area contributed by atoms with E-state index in [-0.39, 0.29) is 17.1 Å². The van der Waals surface area contributed by atoms with Crippen molar-refractivity contribution < 1.29 is 4.79 Å². The molecule has 0 N–H and O–H groups in total. The molecule has 0 fully saturated rings. The minimum absolute atomic E-state index is 0.104. The highest BCUT2D eigenvalue weighted by molar-refractivity contribution is 7.99. The lowest BCUT2D eigenvalue weighted by Crippen LogP contribution is -2.24. The summed E-state index contributed by atoms with van der Waals surface area (Å²) in [5.74, 6) is 0.356. The number of hydrogen-bond donors (Lipinski definition) is 0. The number of thioether (sulfide) groups is 1. The summed E-state index contributed by atoms with van der Waals surface area (Å²) >= 11 is 7.25. The van der Waals surface area contributed by atoms with Gasteiger partial charge in [0.05, 0.1) is 22.3 Å². The Bertz CT molecular complexity index is 1020. The van der Waals surface area contributed by atoms with Gasteiger partial charge in [0.1, 0.15) is 5.78 Å². The Morgan fingerprint density at radius 3 is 2.42 bits per heavy atom. The first-order valence-corrected chi connectivity index (χ1v) is 9.57. The maximum absolute atomic E-state index is 13.1. The number of nitrogens with zero attached hydrogens (tertiary/aromatic N) is 2. The van der Waals surface area contributed by atoms with E-state index in [0.29, 0.717) is 26.8 Å². The second kappa shape index (κ2) is 7.25. The lowest BCUT2D eigenvalue weighted by molar-refractivity contribution is -0.123. The minimum atomic E-state index is -0.435. The van der Waals surface area contributed by atoms with Crippen LogP contribution in [0.25, 0.3) is 16.6 Å². The lowest BCUT2D eigenvalue weighted by atomic mass is 9.92. The lowest BCUT2D eigenvalue weighted by Gasteiger charge is -2.17. The Morgan fingerprint density at radius 2 is 1.77 bits per heavy atom. The largest absolute Gasteiger partial charge is 0.298 e. The number of ketones is 1. The van der Waals surface area contributed by atoms with Gasteiger partial charge in [0.15, 0.2) is 5.16 Å². The van der Waals surface area contributed by atoms with Crippen LogP contribution in [0.4, 0.5) is 0 Å². The molecule has 3 rings (SSSR count). The standard InChI is InChI=1S/C20H19ClN2O2S/c1-20(2,3)17(24)12-26-19-22-16-7-5-4-6-15(16)18(25)23(19)14-10-8-13(21)9-11-14/h4-11H,12H2,1-3H3. The van der Waals surface area contributed by atoms with Crippen LogP contribution >= 0.6 is 23.4 Å². The fourth-order valence-electron chi connectivity index (χ4n) is 2.37. The number of hydrogen-bond acceptors (Lipinski definition) is 4. The van der Waals surface area contributed by atoms with E-state index in [0.717, 1.165) is 0 Å². The Kier molecular flexibility index (Phi) is 5.21. The molecule has 0 aliphatic carbocycles. The van der Waals surface area contributed by atoms with Crippen molar-refractivity contribution in [3.8, 4) is 5.69 Å². The number of halogens is 1. The number of carbonyl (C=O) groups is 1. The van der Waals surface area contributed by atoms with E-state index >= 15 is 0 Å². The van der Waals surface area contributed by atoms with Crippen LogP contribution in [0.15, 0.2) is 58.5 Å². The number of benzene rings is 2. The van der Waals surface area contributed by atoms with E-state index in [9.17, 15) is 9.59 Å². The van der Waals surface area contributed by atoms with E-state index in [1.54, 1.807) is 41.0 Å². The second-order valence-electron chi connectivity index (χ2n) is 6.99. The number of rotatable bonds is 4. The average Bonchev–Trinajstić information content (AvgIpc) is 2.60. The smallest absolute Gasteiger partial charge is 0.266 e.